The maximum atomic E-state index is 13.2. The average molecular weight is 421 g/mol. The molecule has 1 aromatic carbocycles. The fourth-order valence-corrected chi connectivity index (χ4v) is 3.42. The van der Waals surface area contributed by atoms with Crippen LogP contribution in [0.1, 0.15) is 20.8 Å². The van der Waals surface area contributed by atoms with Crippen LogP contribution < -0.4 is 20.3 Å². The molecular formula is C18H23N5O5S. The highest BCUT2D eigenvalue weighted by Gasteiger charge is 2.36. The number of ether oxygens (including phenoxy) is 2. The number of aromatic nitrogens is 2. The SMILES string of the molecule is COc1cc(OC)nc(SC(C(=O)N(N)c2cccc([N+](=O)[O-])c2)C(C)(C)C)n1. The summed E-state index contributed by atoms with van der Waals surface area (Å²) < 4.78 is 10.3. The summed E-state index contributed by atoms with van der Waals surface area (Å²) in [6.07, 6.45) is 0. The van der Waals surface area contributed by atoms with Gasteiger partial charge in [0.2, 0.25) is 11.8 Å². The van der Waals surface area contributed by atoms with Crippen molar-refractivity contribution in [1.29, 1.82) is 0 Å². The normalized spacial score (nSPS) is 12.2. The van der Waals surface area contributed by atoms with Gasteiger partial charge in [-0.1, -0.05) is 38.6 Å². The number of rotatable bonds is 7. The van der Waals surface area contributed by atoms with Gasteiger partial charge >= 0.3 is 0 Å². The molecular weight excluding hydrogens is 398 g/mol. The van der Waals surface area contributed by atoms with E-state index in [4.69, 9.17) is 15.3 Å². The minimum atomic E-state index is -0.691. The van der Waals surface area contributed by atoms with Gasteiger partial charge in [0, 0.05) is 12.1 Å². The average Bonchev–Trinajstić information content (AvgIpc) is 2.69. The third-order valence-electron chi connectivity index (χ3n) is 3.87. The molecule has 1 heterocycles. The number of hydrogen-bond donors (Lipinski definition) is 1. The number of nitrogens with zero attached hydrogens (tertiary/aromatic N) is 4. The minimum Gasteiger partial charge on any atom is -0.481 e. The second kappa shape index (κ2) is 9.05. The molecule has 10 nitrogen and oxygen atoms in total. The van der Waals surface area contributed by atoms with E-state index in [2.05, 4.69) is 9.97 Å². The predicted octanol–water partition coefficient (Wildman–Crippen LogP) is 2.82. The summed E-state index contributed by atoms with van der Waals surface area (Å²) in [5.41, 5.74) is -0.477. The van der Waals surface area contributed by atoms with Gasteiger partial charge in [-0.05, 0) is 11.5 Å². The Labute approximate surface area is 172 Å². The predicted molar refractivity (Wildman–Crippen MR) is 109 cm³/mol. The number of nitro benzene ring substituents is 1. The number of non-ortho nitro benzene ring substituents is 1. The lowest BCUT2D eigenvalue weighted by molar-refractivity contribution is -0.384. The Kier molecular flexibility index (Phi) is 6.98. The van der Waals surface area contributed by atoms with E-state index in [0.717, 1.165) is 16.8 Å². The number of carbonyl (C=O) groups is 1. The largest absolute Gasteiger partial charge is 0.481 e. The van der Waals surface area contributed by atoms with E-state index in [1.807, 2.05) is 20.8 Å². The smallest absolute Gasteiger partial charge is 0.271 e. The summed E-state index contributed by atoms with van der Waals surface area (Å²) in [6.45, 7) is 5.63. The number of hydrazine groups is 1. The van der Waals surface area contributed by atoms with Gasteiger partial charge in [-0.25, -0.2) is 10.9 Å². The highest BCUT2D eigenvalue weighted by molar-refractivity contribution is 8.00. The van der Waals surface area contributed by atoms with Gasteiger partial charge in [0.1, 0.15) is 0 Å². The molecule has 29 heavy (non-hydrogen) atoms. The Morgan fingerprint density at radius 2 is 1.79 bits per heavy atom. The first-order valence-corrected chi connectivity index (χ1v) is 9.41. The zero-order chi connectivity index (χ0) is 21.8. The molecule has 0 saturated heterocycles. The van der Waals surface area contributed by atoms with Gasteiger partial charge < -0.3 is 9.47 Å². The zero-order valence-corrected chi connectivity index (χ0v) is 17.6. The minimum absolute atomic E-state index is 0.161. The molecule has 0 saturated carbocycles. The number of amides is 1. The Morgan fingerprint density at radius 3 is 2.28 bits per heavy atom. The van der Waals surface area contributed by atoms with Gasteiger partial charge in [-0.3, -0.25) is 14.9 Å². The topological polar surface area (TPSA) is 134 Å². The molecule has 11 heteroatoms. The van der Waals surface area contributed by atoms with Crippen LogP contribution in [-0.2, 0) is 4.79 Å². The van der Waals surface area contributed by atoms with E-state index in [1.165, 1.54) is 44.6 Å². The fraction of sp³-hybridized carbons (Fsp3) is 0.389. The van der Waals surface area contributed by atoms with Gasteiger partial charge in [-0.2, -0.15) is 9.97 Å². The molecule has 2 N–H and O–H groups in total. The molecule has 0 radical (unpaired) electrons. The van der Waals surface area contributed by atoms with E-state index < -0.39 is 21.5 Å². The van der Waals surface area contributed by atoms with E-state index >= 15 is 0 Å². The Balaban J connectivity index is 2.36. The van der Waals surface area contributed by atoms with Crippen molar-refractivity contribution < 1.29 is 19.2 Å². The van der Waals surface area contributed by atoms with Crippen LogP contribution in [0.5, 0.6) is 11.8 Å². The second-order valence-corrected chi connectivity index (χ2v) is 8.16. The molecule has 0 fully saturated rings. The number of nitrogens with two attached hydrogens (primary N) is 1. The molecule has 1 aromatic heterocycles. The van der Waals surface area contributed by atoms with Crippen LogP contribution in [0.4, 0.5) is 11.4 Å². The summed E-state index contributed by atoms with van der Waals surface area (Å²) in [6, 6.07) is 7.09. The van der Waals surface area contributed by atoms with Crippen LogP contribution >= 0.6 is 11.8 Å². The summed E-state index contributed by atoms with van der Waals surface area (Å²) in [7, 11) is 2.93. The molecule has 1 amide bonds. The molecule has 0 spiro atoms. The monoisotopic (exact) mass is 421 g/mol. The van der Waals surface area contributed by atoms with E-state index in [-0.39, 0.29) is 16.5 Å². The fourth-order valence-electron chi connectivity index (χ4n) is 2.36. The van der Waals surface area contributed by atoms with Crippen molar-refractivity contribution in [3.05, 3.63) is 40.4 Å². The van der Waals surface area contributed by atoms with Crippen molar-refractivity contribution in [3.8, 4) is 11.8 Å². The molecule has 0 aliphatic rings. The number of thioether (sulfide) groups is 1. The number of anilines is 1. The van der Waals surface area contributed by atoms with Crippen molar-refractivity contribution >= 4 is 29.0 Å². The third kappa shape index (κ3) is 5.55. The summed E-state index contributed by atoms with van der Waals surface area (Å²) in [4.78, 5) is 32.2. The maximum absolute atomic E-state index is 13.2. The zero-order valence-electron chi connectivity index (χ0n) is 16.8. The summed E-state index contributed by atoms with van der Waals surface area (Å²) in [5.74, 6) is 6.17. The van der Waals surface area contributed by atoms with E-state index in [9.17, 15) is 14.9 Å². The van der Waals surface area contributed by atoms with E-state index in [1.54, 1.807) is 0 Å². The van der Waals surface area contributed by atoms with Crippen molar-refractivity contribution in [1.82, 2.24) is 9.97 Å². The van der Waals surface area contributed by atoms with Crippen LogP contribution in [0.15, 0.2) is 35.5 Å². The van der Waals surface area contributed by atoms with Crippen molar-refractivity contribution in [2.75, 3.05) is 19.2 Å². The Morgan fingerprint density at radius 1 is 1.21 bits per heavy atom. The lowest BCUT2D eigenvalue weighted by Crippen LogP contribution is -2.47. The van der Waals surface area contributed by atoms with Crippen LogP contribution in [0.2, 0.25) is 0 Å². The van der Waals surface area contributed by atoms with Crippen LogP contribution in [0, 0.1) is 15.5 Å². The van der Waals surface area contributed by atoms with Gasteiger partial charge in [0.25, 0.3) is 11.6 Å². The summed E-state index contributed by atoms with van der Waals surface area (Å²) >= 11 is 1.11. The molecule has 1 atom stereocenters. The van der Waals surface area contributed by atoms with Crippen molar-refractivity contribution in [3.63, 3.8) is 0 Å². The second-order valence-electron chi connectivity index (χ2n) is 7.08. The molecule has 0 bridgehead atoms. The Bertz CT molecular complexity index is 880. The van der Waals surface area contributed by atoms with Crippen LogP contribution in [0.25, 0.3) is 0 Å². The quantitative estimate of drug-likeness (QED) is 0.179. The summed E-state index contributed by atoms with van der Waals surface area (Å²) in [5, 5.41) is 11.5. The Hall–Kier alpha value is -2.92. The van der Waals surface area contributed by atoms with Gasteiger partial charge in [0.15, 0.2) is 5.16 Å². The van der Waals surface area contributed by atoms with E-state index in [0.29, 0.717) is 11.8 Å². The highest BCUT2D eigenvalue weighted by Crippen LogP contribution is 2.37. The third-order valence-corrected chi connectivity index (χ3v) is 5.41. The first-order valence-electron chi connectivity index (χ1n) is 8.53. The maximum Gasteiger partial charge on any atom is 0.271 e. The molecule has 156 valence electrons. The molecule has 0 aliphatic carbocycles. The van der Waals surface area contributed by atoms with Crippen molar-refractivity contribution in [2.45, 2.75) is 31.2 Å². The number of benzene rings is 1. The standard InChI is InChI=1S/C18H23N5O5S/c1-18(2,3)15(29-17-20-13(27-4)10-14(21-17)28-5)16(24)22(19)11-7-6-8-12(9-11)23(25)26/h6-10,15H,19H2,1-5H3. The number of carbonyl (C=O) groups excluding carboxylic acids is 1. The molecule has 2 aromatic rings. The molecule has 0 aliphatic heterocycles. The van der Waals surface area contributed by atoms with Crippen molar-refractivity contribution in [2.24, 2.45) is 11.3 Å². The van der Waals surface area contributed by atoms with Crippen LogP contribution in [-0.4, -0.2) is 40.3 Å². The highest BCUT2D eigenvalue weighted by atomic mass is 32.2. The van der Waals surface area contributed by atoms with Crippen LogP contribution in [0.3, 0.4) is 0 Å². The molecule has 2 rings (SSSR count). The lowest BCUT2D eigenvalue weighted by atomic mass is 9.91. The first-order chi connectivity index (χ1) is 13.6. The molecule has 1 unspecified atom stereocenters. The first kappa shape index (κ1) is 22.4. The van der Waals surface area contributed by atoms with Gasteiger partial charge in [0.05, 0.1) is 36.1 Å². The lowest BCUT2D eigenvalue weighted by Gasteiger charge is -2.31. The number of nitro groups is 1. The number of hydrogen-bond acceptors (Lipinski definition) is 9. The number of methoxy groups -OCH3 is 2. The van der Waals surface area contributed by atoms with Gasteiger partial charge in [-0.15, -0.1) is 0 Å².